The molecule has 6 nitrogen and oxygen atoms in total. The molecule has 26 heavy (non-hydrogen) atoms. The number of benzene rings is 2. The minimum absolute atomic E-state index is 0.0890. The molecule has 0 unspecified atom stereocenters. The van der Waals surface area contributed by atoms with Gasteiger partial charge in [0.25, 0.3) is 0 Å². The second kappa shape index (κ2) is 7.76. The molecule has 1 aromatic heterocycles. The molecular weight excluding hydrogens is 358 g/mol. The summed E-state index contributed by atoms with van der Waals surface area (Å²) in [6.45, 7) is -0.491. The molecule has 3 aromatic rings. The third kappa shape index (κ3) is 4.43. The monoisotopic (exact) mass is 371 g/mol. The van der Waals surface area contributed by atoms with E-state index in [0.29, 0.717) is 16.3 Å². The van der Waals surface area contributed by atoms with E-state index in [2.05, 4.69) is 4.98 Å². The maximum absolute atomic E-state index is 10.6. The Morgan fingerprint density at radius 1 is 1.04 bits per heavy atom. The normalized spacial score (nSPS) is 10.3. The number of ether oxygens (including phenoxy) is 2. The molecule has 0 radical (unpaired) electrons. The third-order valence-electron chi connectivity index (χ3n) is 3.37. The maximum atomic E-state index is 10.6. The molecule has 0 saturated carbocycles. The number of carbonyl (C=O) groups is 1. The average Bonchev–Trinajstić information content (AvgIpc) is 2.62. The van der Waals surface area contributed by atoms with Crippen molar-refractivity contribution in [2.75, 3.05) is 6.61 Å². The molecule has 2 N–H and O–H groups in total. The van der Waals surface area contributed by atoms with E-state index in [1.54, 1.807) is 42.5 Å². The first-order valence-corrected chi connectivity index (χ1v) is 7.97. The molecule has 0 atom stereocenters. The number of hydrogen-bond donors (Lipinski definition) is 2. The smallest absolute Gasteiger partial charge is 0.341 e. The minimum Gasteiger partial charge on any atom is -0.507 e. The number of rotatable bonds is 6. The topological polar surface area (TPSA) is 88.9 Å². The highest BCUT2D eigenvalue weighted by atomic mass is 35.5. The first-order chi connectivity index (χ1) is 12.5. The van der Waals surface area contributed by atoms with Gasteiger partial charge in [0.05, 0.1) is 0 Å². The van der Waals surface area contributed by atoms with Gasteiger partial charge in [0, 0.05) is 22.7 Å². The molecule has 0 aliphatic carbocycles. The Balaban J connectivity index is 1.84. The van der Waals surface area contributed by atoms with Crippen LogP contribution in [0.15, 0.2) is 60.7 Å². The van der Waals surface area contributed by atoms with E-state index in [4.69, 9.17) is 26.2 Å². The average molecular weight is 372 g/mol. The zero-order valence-corrected chi connectivity index (χ0v) is 14.2. The Bertz CT molecular complexity index is 945. The predicted molar refractivity (Wildman–Crippen MR) is 96.0 cm³/mol. The van der Waals surface area contributed by atoms with E-state index in [1.165, 1.54) is 12.1 Å². The predicted octanol–water partition coefficient (Wildman–Crippen LogP) is 4.36. The molecule has 0 fully saturated rings. The summed E-state index contributed by atoms with van der Waals surface area (Å²) in [5.74, 6) is -0.191. The van der Waals surface area contributed by atoms with Crippen molar-refractivity contribution in [1.82, 2.24) is 4.98 Å². The molecule has 0 spiro atoms. The van der Waals surface area contributed by atoms with Crippen LogP contribution in [0.2, 0.25) is 5.02 Å². The summed E-state index contributed by atoms with van der Waals surface area (Å²) >= 11 is 6.01. The van der Waals surface area contributed by atoms with Gasteiger partial charge >= 0.3 is 5.97 Å². The van der Waals surface area contributed by atoms with Crippen LogP contribution >= 0.6 is 11.6 Å². The third-order valence-corrected chi connectivity index (χ3v) is 3.60. The van der Waals surface area contributed by atoms with Crippen molar-refractivity contribution < 1.29 is 24.5 Å². The van der Waals surface area contributed by atoms with Crippen molar-refractivity contribution in [1.29, 1.82) is 0 Å². The Morgan fingerprint density at radius 2 is 1.81 bits per heavy atom. The molecule has 132 valence electrons. The van der Waals surface area contributed by atoms with Crippen LogP contribution in [-0.4, -0.2) is 27.8 Å². The van der Waals surface area contributed by atoms with Gasteiger partial charge in [-0.15, -0.1) is 0 Å². The summed E-state index contributed by atoms with van der Waals surface area (Å²) in [7, 11) is 0. The van der Waals surface area contributed by atoms with Gasteiger partial charge in [-0.2, -0.15) is 4.98 Å². The Hall–Kier alpha value is -3.25. The highest BCUT2D eigenvalue weighted by Gasteiger charge is 2.09. The molecule has 0 amide bonds. The van der Waals surface area contributed by atoms with Crippen LogP contribution in [-0.2, 0) is 4.79 Å². The lowest BCUT2D eigenvalue weighted by Gasteiger charge is -2.10. The largest absolute Gasteiger partial charge is 0.507 e. The number of carboxylic acids is 1. The first-order valence-electron chi connectivity index (χ1n) is 7.60. The van der Waals surface area contributed by atoms with Crippen LogP contribution in [0.1, 0.15) is 0 Å². The van der Waals surface area contributed by atoms with Crippen LogP contribution < -0.4 is 9.47 Å². The first kappa shape index (κ1) is 17.6. The van der Waals surface area contributed by atoms with E-state index < -0.39 is 12.6 Å². The summed E-state index contributed by atoms with van der Waals surface area (Å²) in [6, 6.07) is 16.6. The standard InChI is InChI=1S/C19H14ClNO5/c20-13-4-1-3-12(9-13)15-10-14(7-8-16(15)22)26-18-6-2-5-17(21-18)25-11-19(23)24/h1-10,22H,11H2,(H,23,24). The van der Waals surface area contributed by atoms with Crippen LogP contribution in [0.4, 0.5) is 0 Å². The van der Waals surface area contributed by atoms with Crippen LogP contribution in [0.25, 0.3) is 11.1 Å². The number of aliphatic carboxylic acids is 1. The molecule has 0 bridgehead atoms. The number of aromatic nitrogens is 1. The lowest BCUT2D eigenvalue weighted by Crippen LogP contribution is -2.10. The molecule has 2 aromatic carbocycles. The number of phenols is 1. The summed E-state index contributed by atoms with van der Waals surface area (Å²) in [4.78, 5) is 14.6. The Morgan fingerprint density at radius 3 is 2.58 bits per heavy atom. The SMILES string of the molecule is O=C(O)COc1cccc(Oc2ccc(O)c(-c3cccc(Cl)c3)c2)n1. The number of aromatic hydroxyl groups is 1. The fourth-order valence-electron chi connectivity index (χ4n) is 2.26. The summed E-state index contributed by atoms with van der Waals surface area (Å²) in [5, 5.41) is 19.3. The number of halogens is 1. The van der Waals surface area contributed by atoms with Gasteiger partial charge in [0.1, 0.15) is 11.5 Å². The van der Waals surface area contributed by atoms with Crippen molar-refractivity contribution >= 4 is 17.6 Å². The number of hydrogen-bond acceptors (Lipinski definition) is 5. The fraction of sp³-hybridized carbons (Fsp3) is 0.0526. The lowest BCUT2D eigenvalue weighted by molar-refractivity contribution is -0.139. The van der Waals surface area contributed by atoms with Crippen LogP contribution in [0, 0.1) is 0 Å². The van der Waals surface area contributed by atoms with Gasteiger partial charge < -0.3 is 19.7 Å². The molecular formula is C19H14ClNO5. The number of phenolic OH excluding ortho intramolecular Hbond substituents is 1. The van der Waals surface area contributed by atoms with E-state index in [0.717, 1.165) is 5.56 Å². The number of nitrogens with zero attached hydrogens (tertiary/aromatic N) is 1. The van der Waals surface area contributed by atoms with Gasteiger partial charge in [-0.1, -0.05) is 29.8 Å². The molecule has 7 heteroatoms. The quantitative estimate of drug-likeness (QED) is 0.669. The number of carboxylic acid groups (broad SMARTS) is 1. The summed E-state index contributed by atoms with van der Waals surface area (Å²) in [6.07, 6.45) is 0. The van der Waals surface area contributed by atoms with Gasteiger partial charge in [-0.05, 0) is 35.9 Å². The van der Waals surface area contributed by atoms with Crippen molar-refractivity contribution in [3.63, 3.8) is 0 Å². The highest BCUT2D eigenvalue weighted by molar-refractivity contribution is 6.30. The molecule has 1 heterocycles. The minimum atomic E-state index is -1.09. The zero-order chi connectivity index (χ0) is 18.5. The van der Waals surface area contributed by atoms with E-state index >= 15 is 0 Å². The van der Waals surface area contributed by atoms with Crippen molar-refractivity contribution in [3.8, 4) is 34.4 Å². The summed E-state index contributed by atoms with van der Waals surface area (Å²) < 4.78 is 10.7. The Labute approximate surface area is 154 Å². The van der Waals surface area contributed by atoms with Crippen molar-refractivity contribution in [2.24, 2.45) is 0 Å². The summed E-state index contributed by atoms with van der Waals surface area (Å²) in [5.41, 5.74) is 1.30. The Kier molecular flexibility index (Phi) is 5.24. The van der Waals surface area contributed by atoms with Crippen LogP contribution in [0.5, 0.6) is 23.3 Å². The second-order valence-electron chi connectivity index (χ2n) is 5.29. The van der Waals surface area contributed by atoms with Crippen LogP contribution in [0.3, 0.4) is 0 Å². The van der Waals surface area contributed by atoms with Gasteiger partial charge in [-0.3, -0.25) is 0 Å². The lowest BCUT2D eigenvalue weighted by atomic mass is 10.0. The number of pyridine rings is 1. The zero-order valence-electron chi connectivity index (χ0n) is 13.4. The van der Waals surface area contributed by atoms with Gasteiger partial charge in [0.15, 0.2) is 6.61 Å². The molecule has 0 saturated heterocycles. The van der Waals surface area contributed by atoms with E-state index in [1.807, 2.05) is 6.07 Å². The van der Waals surface area contributed by atoms with E-state index in [9.17, 15) is 9.90 Å². The van der Waals surface area contributed by atoms with E-state index in [-0.39, 0.29) is 17.5 Å². The molecule has 0 aliphatic heterocycles. The fourth-order valence-corrected chi connectivity index (χ4v) is 2.45. The van der Waals surface area contributed by atoms with Crippen molar-refractivity contribution in [2.45, 2.75) is 0 Å². The molecule has 3 rings (SSSR count). The highest BCUT2D eigenvalue weighted by Crippen LogP contribution is 2.35. The molecule has 0 aliphatic rings. The van der Waals surface area contributed by atoms with Crippen molar-refractivity contribution in [3.05, 3.63) is 65.7 Å². The van der Waals surface area contributed by atoms with Gasteiger partial charge in [0.2, 0.25) is 11.8 Å². The second-order valence-corrected chi connectivity index (χ2v) is 5.72. The van der Waals surface area contributed by atoms with Gasteiger partial charge in [-0.25, -0.2) is 4.79 Å². The maximum Gasteiger partial charge on any atom is 0.341 e.